The maximum absolute atomic E-state index is 12.5. The van der Waals surface area contributed by atoms with Crippen LogP contribution in [0.25, 0.3) is 0 Å². The van der Waals surface area contributed by atoms with E-state index in [1.807, 2.05) is 18.2 Å². The predicted octanol–water partition coefficient (Wildman–Crippen LogP) is 4.03. The zero-order chi connectivity index (χ0) is 16.3. The Bertz CT molecular complexity index is 744. The molecule has 0 aliphatic heterocycles. The maximum atomic E-state index is 12.5. The third kappa shape index (κ3) is 4.14. The van der Waals surface area contributed by atoms with Crippen LogP contribution in [0.1, 0.15) is 24.8 Å². The van der Waals surface area contributed by atoms with Crippen molar-refractivity contribution in [3.05, 3.63) is 65.2 Å². The number of hydrogen-bond acceptors (Lipinski definition) is 2. The molecule has 2 aromatic carbocycles. The Labute approximate surface area is 142 Å². The molecule has 2 atom stereocenters. The van der Waals surface area contributed by atoms with Gasteiger partial charge in [0.25, 0.3) is 0 Å². The third-order valence-corrected chi connectivity index (χ3v) is 6.19. The van der Waals surface area contributed by atoms with E-state index in [2.05, 4.69) is 16.9 Å². The van der Waals surface area contributed by atoms with Crippen molar-refractivity contribution in [3.8, 4) is 0 Å². The second-order valence-corrected chi connectivity index (χ2v) is 8.21. The van der Waals surface area contributed by atoms with Gasteiger partial charge in [0.1, 0.15) is 0 Å². The summed E-state index contributed by atoms with van der Waals surface area (Å²) in [4.78, 5) is 0.271. The highest BCUT2D eigenvalue weighted by Gasteiger charge is 2.31. The Morgan fingerprint density at radius 3 is 2.39 bits per heavy atom. The molecule has 0 aromatic heterocycles. The number of benzene rings is 2. The molecule has 2 aromatic rings. The fourth-order valence-corrected chi connectivity index (χ4v) is 4.70. The SMILES string of the molecule is O=S(=O)(N[C@@H]1CCC[C@H]1Cc1ccccc1)c1ccc(Cl)cc1. The molecule has 0 saturated heterocycles. The van der Waals surface area contributed by atoms with Gasteiger partial charge in [0.15, 0.2) is 0 Å². The Morgan fingerprint density at radius 2 is 1.70 bits per heavy atom. The average molecular weight is 350 g/mol. The highest BCUT2D eigenvalue weighted by Crippen LogP contribution is 2.30. The number of halogens is 1. The number of sulfonamides is 1. The largest absolute Gasteiger partial charge is 0.240 e. The highest BCUT2D eigenvalue weighted by molar-refractivity contribution is 7.89. The molecule has 3 rings (SSSR count). The topological polar surface area (TPSA) is 46.2 Å². The lowest BCUT2D eigenvalue weighted by atomic mass is 9.95. The molecule has 0 amide bonds. The summed E-state index contributed by atoms with van der Waals surface area (Å²) in [5.74, 6) is 0.347. The minimum absolute atomic E-state index is 0.00381. The monoisotopic (exact) mass is 349 g/mol. The molecule has 1 aliphatic rings. The molecule has 1 aliphatic carbocycles. The molecule has 23 heavy (non-hydrogen) atoms. The quantitative estimate of drug-likeness (QED) is 0.885. The van der Waals surface area contributed by atoms with Crippen LogP contribution in [0.2, 0.25) is 5.02 Å². The summed E-state index contributed by atoms with van der Waals surface area (Å²) in [6.45, 7) is 0. The minimum atomic E-state index is -3.49. The van der Waals surface area contributed by atoms with Crippen LogP contribution in [0.4, 0.5) is 0 Å². The summed E-state index contributed by atoms with van der Waals surface area (Å²) in [5, 5.41) is 0.534. The standard InChI is InChI=1S/C18H20ClNO2S/c19-16-9-11-17(12-10-16)23(21,22)20-18-8-4-7-15(18)13-14-5-2-1-3-6-14/h1-3,5-6,9-12,15,18,20H,4,7-8,13H2/t15-,18+/m0/s1. The van der Waals surface area contributed by atoms with Crippen LogP contribution in [0.5, 0.6) is 0 Å². The van der Waals surface area contributed by atoms with Crippen LogP contribution >= 0.6 is 11.6 Å². The first-order valence-corrected chi connectivity index (χ1v) is 9.72. The van der Waals surface area contributed by atoms with Gasteiger partial charge in [-0.2, -0.15) is 0 Å². The van der Waals surface area contributed by atoms with Crippen LogP contribution in [-0.4, -0.2) is 14.5 Å². The molecular formula is C18H20ClNO2S. The molecular weight excluding hydrogens is 330 g/mol. The van der Waals surface area contributed by atoms with E-state index in [0.29, 0.717) is 10.9 Å². The lowest BCUT2D eigenvalue weighted by Crippen LogP contribution is -2.38. The normalized spacial score (nSPS) is 21.4. The minimum Gasteiger partial charge on any atom is -0.208 e. The summed E-state index contributed by atoms with van der Waals surface area (Å²) in [6, 6.07) is 16.5. The zero-order valence-electron chi connectivity index (χ0n) is 12.8. The van der Waals surface area contributed by atoms with E-state index in [4.69, 9.17) is 11.6 Å². The fourth-order valence-electron chi connectivity index (χ4n) is 3.23. The first-order valence-electron chi connectivity index (χ1n) is 7.86. The van der Waals surface area contributed by atoms with Gasteiger partial charge in [-0.3, -0.25) is 0 Å². The fraction of sp³-hybridized carbons (Fsp3) is 0.333. The first-order chi connectivity index (χ1) is 11.0. The third-order valence-electron chi connectivity index (χ3n) is 4.43. The maximum Gasteiger partial charge on any atom is 0.240 e. The second kappa shape index (κ2) is 7.04. The molecule has 0 spiro atoms. The van der Waals surface area contributed by atoms with E-state index in [1.54, 1.807) is 24.3 Å². The number of nitrogens with one attached hydrogen (secondary N) is 1. The Morgan fingerprint density at radius 1 is 1.00 bits per heavy atom. The second-order valence-electron chi connectivity index (χ2n) is 6.06. The van der Waals surface area contributed by atoms with Gasteiger partial charge in [0.2, 0.25) is 10.0 Å². The Hall–Kier alpha value is -1.36. The van der Waals surface area contributed by atoms with Crippen molar-refractivity contribution in [2.75, 3.05) is 0 Å². The molecule has 0 radical (unpaired) electrons. The molecule has 0 unspecified atom stereocenters. The zero-order valence-corrected chi connectivity index (χ0v) is 14.4. The highest BCUT2D eigenvalue weighted by atomic mass is 35.5. The smallest absolute Gasteiger partial charge is 0.208 e. The van der Waals surface area contributed by atoms with Gasteiger partial charge >= 0.3 is 0 Å². The van der Waals surface area contributed by atoms with Crippen molar-refractivity contribution < 1.29 is 8.42 Å². The van der Waals surface area contributed by atoms with E-state index in [1.165, 1.54) is 5.56 Å². The van der Waals surface area contributed by atoms with Crippen LogP contribution in [0.3, 0.4) is 0 Å². The van der Waals surface area contributed by atoms with Gasteiger partial charge in [0, 0.05) is 11.1 Å². The van der Waals surface area contributed by atoms with Crippen molar-refractivity contribution in [2.24, 2.45) is 5.92 Å². The molecule has 0 heterocycles. The average Bonchev–Trinajstić information content (AvgIpc) is 2.95. The molecule has 1 fully saturated rings. The van der Waals surface area contributed by atoms with Crippen LogP contribution in [0.15, 0.2) is 59.5 Å². The molecule has 0 bridgehead atoms. The summed E-state index contributed by atoms with van der Waals surface area (Å²) in [5.41, 5.74) is 1.26. The van der Waals surface area contributed by atoms with Gasteiger partial charge < -0.3 is 0 Å². The Balaban J connectivity index is 1.72. The van der Waals surface area contributed by atoms with E-state index >= 15 is 0 Å². The number of hydrogen-bond donors (Lipinski definition) is 1. The molecule has 1 saturated carbocycles. The lowest BCUT2D eigenvalue weighted by Gasteiger charge is -2.21. The van der Waals surface area contributed by atoms with Gasteiger partial charge in [-0.05, 0) is 55.0 Å². The van der Waals surface area contributed by atoms with Crippen molar-refractivity contribution in [3.63, 3.8) is 0 Å². The van der Waals surface area contributed by atoms with Gasteiger partial charge in [-0.15, -0.1) is 0 Å². The summed E-state index contributed by atoms with van der Waals surface area (Å²) >= 11 is 5.83. The van der Waals surface area contributed by atoms with Crippen LogP contribution in [-0.2, 0) is 16.4 Å². The molecule has 3 nitrogen and oxygen atoms in total. The summed E-state index contributed by atoms with van der Waals surface area (Å²) < 4.78 is 28.0. The first kappa shape index (κ1) is 16.5. The lowest BCUT2D eigenvalue weighted by molar-refractivity contribution is 0.442. The van der Waals surface area contributed by atoms with Gasteiger partial charge in [-0.25, -0.2) is 13.1 Å². The van der Waals surface area contributed by atoms with Crippen molar-refractivity contribution in [1.82, 2.24) is 4.72 Å². The molecule has 122 valence electrons. The van der Waals surface area contributed by atoms with E-state index in [9.17, 15) is 8.42 Å². The van der Waals surface area contributed by atoms with Gasteiger partial charge in [-0.1, -0.05) is 48.4 Å². The van der Waals surface area contributed by atoms with Crippen molar-refractivity contribution in [1.29, 1.82) is 0 Å². The van der Waals surface area contributed by atoms with Gasteiger partial charge in [0.05, 0.1) is 4.90 Å². The van der Waals surface area contributed by atoms with Crippen LogP contribution < -0.4 is 4.72 Å². The van der Waals surface area contributed by atoms with E-state index in [-0.39, 0.29) is 10.9 Å². The predicted molar refractivity (Wildman–Crippen MR) is 93.0 cm³/mol. The Kier molecular flexibility index (Phi) is 5.05. The molecule has 5 heteroatoms. The van der Waals surface area contributed by atoms with Crippen molar-refractivity contribution in [2.45, 2.75) is 36.6 Å². The summed E-state index contributed by atoms with van der Waals surface area (Å²) in [6.07, 6.45) is 3.92. The summed E-state index contributed by atoms with van der Waals surface area (Å²) in [7, 11) is -3.49. The van der Waals surface area contributed by atoms with E-state index < -0.39 is 10.0 Å². The number of rotatable bonds is 5. The van der Waals surface area contributed by atoms with Crippen LogP contribution in [0, 0.1) is 5.92 Å². The van der Waals surface area contributed by atoms with E-state index in [0.717, 1.165) is 25.7 Å². The van der Waals surface area contributed by atoms with Crippen molar-refractivity contribution >= 4 is 21.6 Å². The molecule has 1 N–H and O–H groups in total.